The Bertz CT molecular complexity index is 1140. The smallest absolute Gasteiger partial charge is 0.123 e. The Labute approximate surface area is 181 Å². The third-order valence-electron chi connectivity index (χ3n) is 5.34. The molecule has 0 spiro atoms. The number of rotatable bonds is 7. The summed E-state index contributed by atoms with van der Waals surface area (Å²) in [6, 6.07) is 16.2. The average Bonchev–Trinajstić information content (AvgIpc) is 3.23. The molecule has 6 nitrogen and oxygen atoms in total. The molecule has 31 heavy (non-hydrogen) atoms. The van der Waals surface area contributed by atoms with Crippen molar-refractivity contribution in [3.05, 3.63) is 90.4 Å². The Morgan fingerprint density at radius 3 is 2.61 bits per heavy atom. The van der Waals surface area contributed by atoms with E-state index in [1.807, 2.05) is 54.3 Å². The molecule has 0 unspecified atom stereocenters. The van der Waals surface area contributed by atoms with Crippen molar-refractivity contribution in [2.45, 2.75) is 19.5 Å². The van der Waals surface area contributed by atoms with Crippen molar-refractivity contribution in [3.63, 3.8) is 0 Å². The van der Waals surface area contributed by atoms with E-state index in [2.05, 4.69) is 21.8 Å². The first-order valence-corrected chi connectivity index (χ1v) is 10.00. The van der Waals surface area contributed by atoms with Gasteiger partial charge in [-0.1, -0.05) is 12.1 Å². The predicted octanol–water partition coefficient (Wildman–Crippen LogP) is 4.67. The second-order valence-corrected chi connectivity index (χ2v) is 7.38. The van der Waals surface area contributed by atoms with Gasteiger partial charge in [0, 0.05) is 36.1 Å². The molecule has 2 aromatic heterocycles. The van der Waals surface area contributed by atoms with Gasteiger partial charge in [-0.15, -0.1) is 0 Å². The van der Waals surface area contributed by atoms with Crippen LogP contribution in [0.25, 0.3) is 16.9 Å². The maximum atomic E-state index is 13.9. The molecule has 1 atom stereocenters. The molecule has 0 bridgehead atoms. The van der Waals surface area contributed by atoms with Crippen LogP contribution in [0.1, 0.15) is 24.2 Å². The van der Waals surface area contributed by atoms with Crippen molar-refractivity contribution in [2.24, 2.45) is 0 Å². The lowest BCUT2D eigenvalue weighted by molar-refractivity contribution is 0.248. The SMILES string of the molecule is COc1ccc(-n2cc(CN(C)[C@@H](C)c3ccncn3)c(-c3cccc(F)c3)n2)cc1. The first kappa shape index (κ1) is 20.7. The van der Waals surface area contributed by atoms with Crippen LogP contribution in [-0.4, -0.2) is 38.8 Å². The summed E-state index contributed by atoms with van der Waals surface area (Å²) in [6.45, 7) is 2.71. The van der Waals surface area contributed by atoms with Crippen LogP contribution in [0.3, 0.4) is 0 Å². The van der Waals surface area contributed by atoms with Crippen LogP contribution in [0, 0.1) is 5.82 Å². The van der Waals surface area contributed by atoms with Gasteiger partial charge in [0.15, 0.2) is 0 Å². The highest BCUT2D eigenvalue weighted by Gasteiger charge is 2.19. The molecule has 2 aromatic carbocycles. The van der Waals surface area contributed by atoms with Gasteiger partial charge in [0.05, 0.1) is 24.2 Å². The van der Waals surface area contributed by atoms with E-state index in [1.54, 1.807) is 25.7 Å². The van der Waals surface area contributed by atoms with Crippen molar-refractivity contribution >= 4 is 0 Å². The van der Waals surface area contributed by atoms with Gasteiger partial charge in [-0.05, 0) is 56.4 Å². The molecular weight excluding hydrogens is 393 g/mol. The molecule has 0 aliphatic heterocycles. The number of methoxy groups -OCH3 is 1. The topological polar surface area (TPSA) is 56.1 Å². The van der Waals surface area contributed by atoms with Gasteiger partial charge in [0.2, 0.25) is 0 Å². The van der Waals surface area contributed by atoms with Gasteiger partial charge in [-0.3, -0.25) is 4.90 Å². The molecule has 0 fully saturated rings. The number of ether oxygens (including phenoxy) is 1. The molecule has 0 N–H and O–H groups in total. The highest BCUT2D eigenvalue weighted by atomic mass is 19.1. The quantitative estimate of drug-likeness (QED) is 0.437. The van der Waals surface area contributed by atoms with E-state index in [-0.39, 0.29) is 11.9 Å². The zero-order valence-corrected chi connectivity index (χ0v) is 17.7. The number of nitrogens with zero attached hydrogens (tertiary/aromatic N) is 5. The molecular formula is C24H24FN5O. The molecule has 4 aromatic rings. The minimum Gasteiger partial charge on any atom is -0.497 e. The minimum atomic E-state index is -0.287. The lowest BCUT2D eigenvalue weighted by atomic mass is 10.1. The molecule has 7 heteroatoms. The van der Waals surface area contributed by atoms with E-state index in [9.17, 15) is 4.39 Å². The van der Waals surface area contributed by atoms with Gasteiger partial charge in [-0.25, -0.2) is 19.0 Å². The summed E-state index contributed by atoms with van der Waals surface area (Å²) < 4.78 is 21.0. The van der Waals surface area contributed by atoms with Gasteiger partial charge >= 0.3 is 0 Å². The van der Waals surface area contributed by atoms with Gasteiger partial charge in [0.25, 0.3) is 0 Å². The lowest BCUT2D eigenvalue weighted by Crippen LogP contribution is -2.22. The Morgan fingerprint density at radius 2 is 1.94 bits per heavy atom. The largest absolute Gasteiger partial charge is 0.497 e. The van der Waals surface area contributed by atoms with Gasteiger partial charge in [-0.2, -0.15) is 5.10 Å². The second kappa shape index (κ2) is 9.06. The van der Waals surface area contributed by atoms with E-state index >= 15 is 0 Å². The number of hydrogen-bond donors (Lipinski definition) is 0. The Morgan fingerprint density at radius 1 is 1.13 bits per heavy atom. The summed E-state index contributed by atoms with van der Waals surface area (Å²) in [5.41, 5.74) is 4.32. The summed E-state index contributed by atoms with van der Waals surface area (Å²) >= 11 is 0. The van der Waals surface area contributed by atoms with Crippen LogP contribution in [0.15, 0.2) is 73.3 Å². The fraction of sp³-hybridized carbons (Fsp3) is 0.208. The van der Waals surface area contributed by atoms with Crippen molar-refractivity contribution in [1.82, 2.24) is 24.6 Å². The summed E-state index contributed by atoms with van der Waals surface area (Å²) in [6.07, 6.45) is 5.29. The van der Waals surface area contributed by atoms with Gasteiger partial charge < -0.3 is 4.74 Å². The Hall–Kier alpha value is -3.58. The van der Waals surface area contributed by atoms with Crippen LogP contribution in [0.4, 0.5) is 4.39 Å². The summed E-state index contributed by atoms with van der Waals surface area (Å²) in [5.74, 6) is 0.491. The highest BCUT2D eigenvalue weighted by molar-refractivity contribution is 5.63. The Balaban J connectivity index is 1.69. The minimum absolute atomic E-state index is 0.0766. The standard InChI is InChI=1S/C24H24FN5O/c1-17(23-11-12-26-16-27-23)29(2)14-19-15-30(21-7-9-22(31-3)10-8-21)28-24(19)18-5-4-6-20(25)13-18/h4-13,15-17H,14H2,1-3H3/t17-/m0/s1. The molecule has 2 heterocycles. The third kappa shape index (κ3) is 4.62. The van der Waals surface area contributed by atoms with E-state index < -0.39 is 0 Å². The monoisotopic (exact) mass is 417 g/mol. The van der Waals surface area contributed by atoms with Crippen LogP contribution >= 0.6 is 0 Å². The average molecular weight is 417 g/mol. The Kier molecular flexibility index (Phi) is 6.04. The fourth-order valence-electron chi connectivity index (χ4n) is 3.45. The molecule has 4 rings (SSSR count). The van der Waals surface area contributed by atoms with Crippen LogP contribution in [-0.2, 0) is 6.54 Å². The highest BCUT2D eigenvalue weighted by Crippen LogP contribution is 2.28. The normalized spacial score (nSPS) is 12.2. The summed E-state index contributed by atoms with van der Waals surface area (Å²) in [5, 5.41) is 4.79. The molecule has 0 aliphatic rings. The van der Waals surface area contributed by atoms with E-state index in [4.69, 9.17) is 9.84 Å². The number of aromatic nitrogens is 4. The molecule has 0 saturated carbocycles. The molecule has 0 saturated heterocycles. The fourth-order valence-corrected chi connectivity index (χ4v) is 3.45. The number of halogens is 1. The third-order valence-corrected chi connectivity index (χ3v) is 5.34. The van der Waals surface area contributed by atoms with Crippen LogP contribution in [0.5, 0.6) is 5.75 Å². The maximum absolute atomic E-state index is 13.9. The van der Waals surface area contributed by atoms with Gasteiger partial charge in [0.1, 0.15) is 17.9 Å². The van der Waals surface area contributed by atoms with Crippen molar-refractivity contribution in [2.75, 3.05) is 14.2 Å². The lowest BCUT2D eigenvalue weighted by Gasteiger charge is -2.24. The zero-order valence-electron chi connectivity index (χ0n) is 17.7. The second-order valence-electron chi connectivity index (χ2n) is 7.38. The maximum Gasteiger partial charge on any atom is 0.123 e. The van der Waals surface area contributed by atoms with Crippen molar-refractivity contribution in [3.8, 4) is 22.7 Å². The zero-order chi connectivity index (χ0) is 21.8. The first-order valence-electron chi connectivity index (χ1n) is 10.00. The van der Waals surface area contributed by atoms with Crippen molar-refractivity contribution < 1.29 is 9.13 Å². The predicted molar refractivity (Wildman–Crippen MR) is 117 cm³/mol. The van der Waals surface area contributed by atoms with Crippen molar-refractivity contribution in [1.29, 1.82) is 0 Å². The van der Waals surface area contributed by atoms with Crippen LogP contribution in [0.2, 0.25) is 0 Å². The van der Waals surface area contributed by atoms with E-state index in [1.165, 1.54) is 12.1 Å². The number of hydrogen-bond acceptors (Lipinski definition) is 5. The molecule has 0 aliphatic carbocycles. The van der Waals surface area contributed by atoms with E-state index in [0.29, 0.717) is 6.54 Å². The molecule has 0 amide bonds. The first-order chi connectivity index (χ1) is 15.0. The van der Waals surface area contributed by atoms with E-state index in [0.717, 1.165) is 34.0 Å². The molecule has 158 valence electrons. The number of benzene rings is 2. The summed E-state index contributed by atoms with van der Waals surface area (Å²) in [7, 11) is 3.67. The molecule has 0 radical (unpaired) electrons. The van der Waals surface area contributed by atoms with Crippen LogP contribution < -0.4 is 4.74 Å². The summed E-state index contributed by atoms with van der Waals surface area (Å²) in [4.78, 5) is 10.5.